The lowest BCUT2D eigenvalue weighted by Crippen LogP contribution is -2.31. The summed E-state index contributed by atoms with van der Waals surface area (Å²) in [4.78, 5) is 25.2. The summed E-state index contributed by atoms with van der Waals surface area (Å²) in [7, 11) is 0. The Labute approximate surface area is 123 Å². The molecule has 1 N–H and O–H groups in total. The fourth-order valence-corrected chi connectivity index (χ4v) is 2.39. The van der Waals surface area contributed by atoms with Crippen molar-refractivity contribution in [2.45, 2.75) is 39.7 Å². The maximum Gasteiger partial charge on any atom is 0.289 e. The zero-order valence-corrected chi connectivity index (χ0v) is 12.4. The Morgan fingerprint density at radius 1 is 1.33 bits per heavy atom. The van der Waals surface area contributed by atoms with Gasteiger partial charge < -0.3 is 9.73 Å². The SMILES string of the molecule is Cc1ccnc([C@H](NC(=O)c2oc(C)nc2C)C2CC2)n1. The summed E-state index contributed by atoms with van der Waals surface area (Å²) < 4.78 is 5.37. The third-order valence-electron chi connectivity index (χ3n) is 3.58. The molecule has 110 valence electrons. The van der Waals surface area contributed by atoms with E-state index in [2.05, 4.69) is 20.3 Å². The highest BCUT2D eigenvalue weighted by molar-refractivity contribution is 5.92. The lowest BCUT2D eigenvalue weighted by atomic mass is 10.1. The van der Waals surface area contributed by atoms with Crippen LogP contribution in [0.1, 0.15) is 52.5 Å². The molecule has 0 saturated heterocycles. The summed E-state index contributed by atoms with van der Waals surface area (Å²) in [5, 5.41) is 3.00. The topological polar surface area (TPSA) is 80.9 Å². The first-order chi connectivity index (χ1) is 10.0. The van der Waals surface area contributed by atoms with Gasteiger partial charge in [0.05, 0.1) is 11.7 Å². The van der Waals surface area contributed by atoms with Crippen LogP contribution >= 0.6 is 0 Å². The zero-order chi connectivity index (χ0) is 15.0. The van der Waals surface area contributed by atoms with E-state index in [1.165, 1.54) is 0 Å². The molecule has 0 unspecified atom stereocenters. The Bertz CT molecular complexity index is 676. The van der Waals surface area contributed by atoms with Gasteiger partial charge in [-0.15, -0.1) is 0 Å². The van der Waals surface area contributed by atoms with Crippen molar-refractivity contribution >= 4 is 5.91 Å². The minimum absolute atomic E-state index is 0.165. The van der Waals surface area contributed by atoms with Crippen LogP contribution in [0.15, 0.2) is 16.7 Å². The number of rotatable bonds is 4. The zero-order valence-electron chi connectivity index (χ0n) is 12.4. The number of oxazole rings is 1. The van der Waals surface area contributed by atoms with Gasteiger partial charge in [-0.05, 0) is 38.7 Å². The Morgan fingerprint density at radius 3 is 2.67 bits per heavy atom. The van der Waals surface area contributed by atoms with Crippen molar-refractivity contribution in [2.75, 3.05) is 0 Å². The number of nitrogens with zero attached hydrogens (tertiary/aromatic N) is 3. The molecule has 6 nitrogen and oxygen atoms in total. The molecular weight excluding hydrogens is 268 g/mol. The largest absolute Gasteiger partial charge is 0.436 e. The van der Waals surface area contributed by atoms with Crippen LogP contribution in [0.5, 0.6) is 0 Å². The average Bonchev–Trinajstić information content (AvgIpc) is 3.21. The van der Waals surface area contributed by atoms with Crippen LogP contribution in [0, 0.1) is 26.7 Å². The molecule has 6 heteroatoms. The second-order valence-electron chi connectivity index (χ2n) is 5.49. The van der Waals surface area contributed by atoms with E-state index in [9.17, 15) is 4.79 Å². The Balaban J connectivity index is 1.83. The first-order valence-corrected chi connectivity index (χ1v) is 7.09. The molecule has 1 aliphatic carbocycles. The molecule has 1 fully saturated rings. The minimum atomic E-state index is -0.255. The Kier molecular flexibility index (Phi) is 3.45. The van der Waals surface area contributed by atoms with Gasteiger partial charge in [-0.2, -0.15) is 0 Å². The van der Waals surface area contributed by atoms with Gasteiger partial charge in [0, 0.05) is 18.8 Å². The molecule has 1 amide bonds. The van der Waals surface area contributed by atoms with Gasteiger partial charge >= 0.3 is 0 Å². The summed E-state index contributed by atoms with van der Waals surface area (Å²) >= 11 is 0. The van der Waals surface area contributed by atoms with Crippen LogP contribution < -0.4 is 5.32 Å². The molecule has 2 aromatic heterocycles. The van der Waals surface area contributed by atoms with Crippen LogP contribution in [0.2, 0.25) is 0 Å². The highest BCUT2D eigenvalue weighted by Crippen LogP contribution is 2.40. The lowest BCUT2D eigenvalue weighted by molar-refractivity contribution is 0.0899. The molecular formula is C15H18N4O2. The number of aromatic nitrogens is 3. The molecule has 21 heavy (non-hydrogen) atoms. The third-order valence-corrected chi connectivity index (χ3v) is 3.58. The van der Waals surface area contributed by atoms with Gasteiger partial charge in [0.25, 0.3) is 5.91 Å². The highest BCUT2D eigenvalue weighted by atomic mass is 16.4. The molecule has 0 bridgehead atoms. The van der Waals surface area contributed by atoms with E-state index in [1.54, 1.807) is 20.0 Å². The number of hydrogen-bond acceptors (Lipinski definition) is 5. The summed E-state index contributed by atoms with van der Waals surface area (Å²) in [6.07, 6.45) is 3.89. The van der Waals surface area contributed by atoms with Gasteiger partial charge in [-0.1, -0.05) is 0 Å². The van der Waals surface area contributed by atoms with E-state index in [1.807, 2.05) is 13.0 Å². The first-order valence-electron chi connectivity index (χ1n) is 7.09. The number of aryl methyl sites for hydroxylation is 3. The van der Waals surface area contributed by atoms with Gasteiger partial charge in [-0.25, -0.2) is 15.0 Å². The Hall–Kier alpha value is -2.24. The van der Waals surface area contributed by atoms with Crippen LogP contribution in [-0.2, 0) is 0 Å². The lowest BCUT2D eigenvalue weighted by Gasteiger charge is -2.16. The van der Waals surface area contributed by atoms with Gasteiger partial charge in [0.2, 0.25) is 5.76 Å². The van der Waals surface area contributed by atoms with E-state index in [0.29, 0.717) is 23.3 Å². The second-order valence-corrected chi connectivity index (χ2v) is 5.49. The highest BCUT2D eigenvalue weighted by Gasteiger charge is 2.36. The molecule has 0 spiro atoms. The van der Waals surface area contributed by atoms with E-state index in [4.69, 9.17) is 4.42 Å². The fraction of sp³-hybridized carbons (Fsp3) is 0.467. The second kappa shape index (κ2) is 5.27. The van der Waals surface area contributed by atoms with Crippen LogP contribution in [0.4, 0.5) is 0 Å². The van der Waals surface area contributed by atoms with Crippen molar-refractivity contribution in [3.05, 3.63) is 41.1 Å². The van der Waals surface area contributed by atoms with E-state index in [-0.39, 0.29) is 17.7 Å². The molecule has 1 aliphatic rings. The van der Waals surface area contributed by atoms with Crippen LogP contribution in [-0.4, -0.2) is 20.9 Å². The summed E-state index contributed by atoms with van der Waals surface area (Å²) in [6, 6.07) is 1.68. The monoisotopic (exact) mass is 286 g/mol. The predicted octanol–water partition coefficient (Wildman–Crippen LogP) is 2.27. The van der Waals surface area contributed by atoms with Gasteiger partial charge in [-0.3, -0.25) is 4.79 Å². The first kappa shape index (κ1) is 13.7. The van der Waals surface area contributed by atoms with E-state index in [0.717, 1.165) is 18.5 Å². The van der Waals surface area contributed by atoms with Crippen molar-refractivity contribution < 1.29 is 9.21 Å². The molecule has 1 atom stereocenters. The molecule has 2 aromatic rings. The third kappa shape index (κ3) is 2.94. The van der Waals surface area contributed by atoms with Crippen molar-refractivity contribution in [1.29, 1.82) is 0 Å². The predicted molar refractivity (Wildman–Crippen MR) is 75.7 cm³/mol. The summed E-state index contributed by atoms with van der Waals surface area (Å²) in [6.45, 7) is 5.41. The standard InChI is InChI=1S/C15H18N4O2/c1-8-6-7-16-14(17-8)12(11-4-5-11)19-15(20)13-9(2)18-10(3)21-13/h6-7,11-12H,4-5H2,1-3H3,(H,19,20)/t12-/m1/s1. The molecule has 0 aliphatic heterocycles. The maximum atomic E-state index is 12.4. The van der Waals surface area contributed by atoms with E-state index >= 15 is 0 Å². The number of hydrogen-bond donors (Lipinski definition) is 1. The summed E-state index contributed by atoms with van der Waals surface area (Å²) in [5.41, 5.74) is 1.50. The van der Waals surface area contributed by atoms with E-state index < -0.39 is 0 Å². The van der Waals surface area contributed by atoms with Crippen molar-refractivity contribution in [3.8, 4) is 0 Å². The molecule has 3 rings (SSSR count). The number of amides is 1. The molecule has 1 saturated carbocycles. The number of carbonyl (C=O) groups excluding carboxylic acids is 1. The van der Waals surface area contributed by atoms with Gasteiger partial charge in [0.15, 0.2) is 11.7 Å². The molecule has 0 radical (unpaired) electrons. The number of carbonyl (C=O) groups is 1. The normalized spacial score (nSPS) is 15.8. The van der Waals surface area contributed by atoms with Crippen LogP contribution in [0.25, 0.3) is 0 Å². The average molecular weight is 286 g/mol. The number of nitrogens with one attached hydrogen (secondary N) is 1. The fourth-order valence-electron chi connectivity index (χ4n) is 2.39. The summed E-state index contributed by atoms with van der Waals surface area (Å²) in [5.74, 6) is 1.58. The van der Waals surface area contributed by atoms with Crippen molar-refractivity contribution in [2.24, 2.45) is 5.92 Å². The quantitative estimate of drug-likeness (QED) is 0.932. The van der Waals surface area contributed by atoms with Crippen LogP contribution in [0.3, 0.4) is 0 Å². The smallest absolute Gasteiger partial charge is 0.289 e. The van der Waals surface area contributed by atoms with Gasteiger partial charge in [0.1, 0.15) is 0 Å². The van der Waals surface area contributed by atoms with Crippen molar-refractivity contribution in [1.82, 2.24) is 20.3 Å². The Morgan fingerprint density at radius 2 is 2.10 bits per heavy atom. The molecule has 0 aromatic carbocycles. The maximum absolute atomic E-state index is 12.4. The molecule has 2 heterocycles. The van der Waals surface area contributed by atoms with Crippen molar-refractivity contribution in [3.63, 3.8) is 0 Å². The minimum Gasteiger partial charge on any atom is -0.436 e.